The molecule has 0 saturated carbocycles. The number of aromatic amines is 1. The van der Waals surface area contributed by atoms with Gasteiger partial charge in [0.05, 0.1) is 6.20 Å². The molecule has 2 aromatic rings. The van der Waals surface area contributed by atoms with Crippen molar-refractivity contribution in [2.45, 2.75) is 0 Å². The van der Waals surface area contributed by atoms with Crippen LogP contribution < -0.4 is 34.3 Å². The molecule has 4 nitrogen and oxygen atoms in total. The Labute approximate surface area is 105 Å². The van der Waals surface area contributed by atoms with Crippen molar-refractivity contribution in [1.82, 2.24) is 4.98 Å². The van der Waals surface area contributed by atoms with E-state index < -0.39 is 0 Å². The van der Waals surface area contributed by atoms with E-state index in [1.165, 1.54) is 0 Å². The molecule has 5 heteroatoms. The third kappa shape index (κ3) is 4.22. The van der Waals surface area contributed by atoms with E-state index in [1.807, 2.05) is 42.6 Å². The first-order chi connectivity index (χ1) is 6.45. The molecular formula is C10H12IN3O. The molecule has 2 aromatic heterocycles. The number of nitrogens with zero attached hydrogens (tertiary/aromatic N) is 1. The molecule has 15 heavy (non-hydrogen) atoms. The lowest BCUT2D eigenvalue weighted by Crippen LogP contribution is -3.00. The summed E-state index contributed by atoms with van der Waals surface area (Å²) in [5, 5.41) is 3.14. The quantitative estimate of drug-likeness (QED) is 0.640. The molecule has 0 aliphatic heterocycles. The molecule has 0 unspecified atom stereocenters. The number of hydrogen-bond acceptors (Lipinski definition) is 2. The van der Waals surface area contributed by atoms with Crippen LogP contribution in [0.25, 0.3) is 0 Å². The lowest BCUT2D eigenvalue weighted by atomic mass is 10.4. The zero-order valence-electron chi connectivity index (χ0n) is 7.94. The van der Waals surface area contributed by atoms with Crippen molar-refractivity contribution in [2.24, 2.45) is 0 Å². The van der Waals surface area contributed by atoms with Crippen molar-refractivity contribution in [3.8, 4) is 0 Å². The molecule has 0 radical (unpaired) electrons. The molecule has 0 saturated heterocycles. The zero-order valence-corrected chi connectivity index (χ0v) is 10.1. The SMILES string of the molecule is O.[I-].c1ccc(Nc2cccc[nH+]2)nc1. The van der Waals surface area contributed by atoms with Gasteiger partial charge in [0.25, 0.3) is 5.82 Å². The second kappa shape index (κ2) is 7.13. The first kappa shape index (κ1) is 13.8. The van der Waals surface area contributed by atoms with E-state index in [-0.39, 0.29) is 29.5 Å². The molecule has 2 heterocycles. The number of aromatic nitrogens is 2. The van der Waals surface area contributed by atoms with Crippen LogP contribution in [0.1, 0.15) is 0 Å². The summed E-state index contributed by atoms with van der Waals surface area (Å²) < 4.78 is 0. The molecule has 0 bridgehead atoms. The zero-order chi connectivity index (χ0) is 8.93. The number of anilines is 2. The molecule has 4 N–H and O–H groups in total. The highest BCUT2D eigenvalue weighted by atomic mass is 127. The highest BCUT2D eigenvalue weighted by Gasteiger charge is 2.00. The summed E-state index contributed by atoms with van der Waals surface area (Å²) in [4.78, 5) is 7.21. The van der Waals surface area contributed by atoms with Crippen molar-refractivity contribution >= 4 is 11.6 Å². The van der Waals surface area contributed by atoms with Crippen LogP contribution in [0.15, 0.2) is 48.8 Å². The van der Waals surface area contributed by atoms with Crippen LogP contribution in [0.4, 0.5) is 11.6 Å². The fraction of sp³-hybridized carbons (Fsp3) is 0. The third-order valence-electron chi connectivity index (χ3n) is 1.64. The average Bonchev–Trinajstić information content (AvgIpc) is 2.21. The number of H-pyrrole nitrogens is 1. The first-order valence-electron chi connectivity index (χ1n) is 4.10. The summed E-state index contributed by atoms with van der Waals surface area (Å²) in [7, 11) is 0. The summed E-state index contributed by atoms with van der Waals surface area (Å²) in [6.07, 6.45) is 3.62. The molecule has 80 valence electrons. The molecule has 0 aliphatic carbocycles. The average molecular weight is 317 g/mol. The summed E-state index contributed by atoms with van der Waals surface area (Å²) in [6, 6.07) is 11.6. The molecule has 0 fully saturated rings. The van der Waals surface area contributed by atoms with Gasteiger partial charge in [-0.15, -0.1) is 0 Å². The normalized spacial score (nSPS) is 8.27. The topological polar surface area (TPSA) is 70.6 Å². The molecule has 0 amide bonds. The summed E-state index contributed by atoms with van der Waals surface area (Å²) in [5.74, 6) is 1.77. The molecular weight excluding hydrogens is 305 g/mol. The van der Waals surface area contributed by atoms with Crippen molar-refractivity contribution in [1.29, 1.82) is 0 Å². The van der Waals surface area contributed by atoms with Gasteiger partial charge in [-0.2, -0.15) is 0 Å². The molecule has 0 aromatic carbocycles. The minimum Gasteiger partial charge on any atom is -1.00 e. The van der Waals surface area contributed by atoms with Crippen LogP contribution in [0, 0.1) is 0 Å². The maximum Gasteiger partial charge on any atom is 0.278 e. The minimum atomic E-state index is 0. The van der Waals surface area contributed by atoms with Crippen molar-refractivity contribution in [3.05, 3.63) is 48.8 Å². The summed E-state index contributed by atoms with van der Waals surface area (Å²) >= 11 is 0. The van der Waals surface area contributed by atoms with Gasteiger partial charge in [0.1, 0.15) is 0 Å². The summed E-state index contributed by atoms with van der Waals surface area (Å²) in [6.45, 7) is 0. The van der Waals surface area contributed by atoms with Gasteiger partial charge in [-0.05, 0) is 12.1 Å². The van der Waals surface area contributed by atoms with Crippen LogP contribution in [-0.2, 0) is 0 Å². The predicted molar refractivity (Wildman–Crippen MR) is 54.1 cm³/mol. The molecule has 2 rings (SSSR count). The van der Waals surface area contributed by atoms with Gasteiger partial charge >= 0.3 is 0 Å². The van der Waals surface area contributed by atoms with Gasteiger partial charge in [0, 0.05) is 18.3 Å². The molecule has 0 spiro atoms. The third-order valence-corrected chi connectivity index (χ3v) is 1.64. The Morgan fingerprint density at radius 3 is 2.47 bits per heavy atom. The van der Waals surface area contributed by atoms with Gasteiger partial charge in [-0.25, -0.2) is 15.3 Å². The number of nitrogens with one attached hydrogen (secondary N) is 2. The van der Waals surface area contributed by atoms with E-state index in [1.54, 1.807) is 6.20 Å². The van der Waals surface area contributed by atoms with Gasteiger partial charge in [-0.1, -0.05) is 12.1 Å². The predicted octanol–water partition coefficient (Wildman–Crippen LogP) is -2.18. The second-order valence-corrected chi connectivity index (χ2v) is 2.62. The molecule has 0 aliphatic rings. The fourth-order valence-electron chi connectivity index (χ4n) is 1.05. The Hall–Kier alpha value is -1.21. The lowest BCUT2D eigenvalue weighted by molar-refractivity contribution is -0.360. The Morgan fingerprint density at radius 2 is 1.87 bits per heavy atom. The Balaban J connectivity index is 0.000000980. The Morgan fingerprint density at radius 1 is 1.07 bits per heavy atom. The maximum absolute atomic E-state index is 4.14. The first-order valence-corrected chi connectivity index (χ1v) is 4.10. The van der Waals surface area contributed by atoms with E-state index in [2.05, 4.69) is 15.3 Å². The van der Waals surface area contributed by atoms with E-state index in [9.17, 15) is 0 Å². The van der Waals surface area contributed by atoms with Gasteiger partial charge < -0.3 is 29.5 Å². The summed E-state index contributed by atoms with van der Waals surface area (Å²) in [5.41, 5.74) is 0. The maximum atomic E-state index is 4.14. The Kier molecular flexibility index (Phi) is 6.56. The second-order valence-electron chi connectivity index (χ2n) is 2.62. The van der Waals surface area contributed by atoms with Crippen LogP contribution in [0.3, 0.4) is 0 Å². The fourth-order valence-corrected chi connectivity index (χ4v) is 1.05. The number of hydrogen-bond donors (Lipinski definition) is 1. The highest BCUT2D eigenvalue weighted by molar-refractivity contribution is 5.47. The van der Waals surface area contributed by atoms with E-state index in [4.69, 9.17) is 0 Å². The van der Waals surface area contributed by atoms with Crippen LogP contribution in [0.5, 0.6) is 0 Å². The lowest BCUT2D eigenvalue weighted by Gasteiger charge is -1.94. The van der Waals surface area contributed by atoms with E-state index in [0.29, 0.717) is 0 Å². The highest BCUT2D eigenvalue weighted by Crippen LogP contribution is 2.06. The van der Waals surface area contributed by atoms with Crippen LogP contribution >= 0.6 is 0 Å². The standard InChI is InChI=1S/C10H9N3.HI.H2O/c1-3-7-11-9(5-1)13-10-6-2-4-8-12-10;;/h1-8H,(H,11,12,13);1H;1H2. The minimum absolute atomic E-state index is 0. The van der Waals surface area contributed by atoms with Crippen LogP contribution in [0.2, 0.25) is 0 Å². The Bertz CT molecular complexity index is 331. The number of rotatable bonds is 2. The van der Waals surface area contributed by atoms with Gasteiger partial charge in [0.15, 0.2) is 0 Å². The monoisotopic (exact) mass is 317 g/mol. The van der Waals surface area contributed by atoms with Crippen molar-refractivity contribution < 1.29 is 34.4 Å². The van der Waals surface area contributed by atoms with Crippen LogP contribution in [-0.4, -0.2) is 10.5 Å². The largest absolute Gasteiger partial charge is 1.00 e. The smallest absolute Gasteiger partial charge is 0.278 e. The van der Waals surface area contributed by atoms with E-state index in [0.717, 1.165) is 11.6 Å². The number of halogens is 1. The number of pyridine rings is 2. The van der Waals surface area contributed by atoms with E-state index >= 15 is 0 Å². The van der Waals surface area contributed by atoms with Crippen molar-refractivity contribution in [2.75, 3.05) is 5.32 Å². The van der Waals surface area contributed by atoms with Crippen molar-refractivity contribution in [3.63, 3.8) is 0 Å². The molecule has 0 atom stereocenters. The van der Waals surface area contributed by atoms with Gasteiger partial charge in [-0.3, -0.25) is 0 Å². The van der Waals surface area contributed by atoms with Gasteiger partial charge in [0.2, 0.25) is 5.82 Å².